The molecule has 0 unspecified atom stereocenters. The predicted octanol–water partition coefficient (Wildman–Crippen LogP) is 4.16. The molecule has 0 bridgehead atoms. The quantitative estimate of drug-likeness (QED) is 0.813. The van der Waals surface area contributed by atoms with Crippen LogP contribution in [0.3, 0.4) is 0 Å². The Morgan fingerprint density at radius 3 is 2.31 bits per heavy atom. The summed E-state index contributed by atoms with van der Waals surface area (Å²) in [6.07, 6.45) is 1.78. The van der Waals surface area contributed by atoms with Gasteiger partial charge < -0.3 is 15.5 Å². The van der Waals surface area contributed by atoms with Crippen molar-refractivity contribution in [2.75, 3.05) is 30.8 Å². The number of hydrogen-bond acceptors (Lipinski definition) is 3. The molecule has 2 N–H and O–H groups in total. The van der Waals surface area contributed by atoms with Gasteiger partial charge in [-0.1, -0.05) is 29.8 Å². The monoisotopic (exact) mass is 351 g/mol. The minimum Gasteiger partial charge on any atom is -0.308 e. The Labute approximate surface area is 154 Å². The van der Waals surface area contributed by atoms with Gasteiger partial charge in [0.25, 0.3) is 0 Å². The molecule has 0 atom stereocenters. The number of aryl methyl sites for hydroxylation is 1. The topological polar surface area (TPSA) is 61.4 Å². The second kappa shape index (κ2) is 8.15. The van der Waals surface area contributed by atoms with Gasteiger partial charge in [-0.25, -0.2) is 4.79 Å². The zero-order chi connectivity index (χ0) is 18.5. The minimum atomic E-state index is -0.322. The van der Waals surface area contributed by atoms with E-state index in [9.17, 15) is 9.59 Å². The molecule has 136 valence electrons. The lowest BCUT2D eigenvalue weighted by molar-refractivity contribution is 0.0857. The summed E-state index contributed by atoms with van der Waals surface area (Å²) in [7, 11) is 2.08. The van der Waals surface area contributed by atoms with Gasteiger partial charge in [-0.3, -0.25) is 4.79 Å². The van der Waals surface area contributed by atoms with Crippen molar-refractivity contribution in [3.8, 4) is 0 Å². The molecule has 2 amide bonds. The SMILES string of the molecule is Cc1ccc(NC(=O)Nc2cccc(C(=O)C3CCN(C)CC3)c2)cc1. The number of anilines is 2. The first-order chi connectivity index (χ1) is 12.5. The van der Waals surface area contributed by atoms with Crippen LogP contribution in [0.15, 0.2) is 48.5 Å². The van der Waals surface area contributed by atoms with Gasteiger partial charge >= 0.3 is 6.03 Å². The van der Waals surface area contributed by atoms with Crippen molar-refractivity contribution in [2.24, 2.45) is 5.92 Å². The summed E-state index contributed by atoms with van der Waals surface area (Å²) in [6, 6.07) is 14.5. The first-order valence-electron chi connectivity index (χ1n) is 8.99. The number of rotatable bonds is 4. The third kappa shape index (κ3) is 4.70. The maximum absolute atomic E-state index is 12.7. The fraction of sp³-hybridized carbons (Fsp3) is 0.333. The molecule has 3 rings (SSSR count). The number of carbonyl (C=O) groups is 2. The molecule has 1 saturated heterocycles. The fourth-order valence-electron chi connectivity index (χ4n) is 3.19. The van der Waals surface area contributed by atoms with Crippen LogP contribution in [-0.4, -0.2) is 36.9 Å². The molecule has 2 aromatic rings. The molecular weight excluding hydrogens is 326 g/mol. The zero-order valence-electron chi connectivity index (χ0n) is 15.3. The standard InChI is InChI=1S/C21H25N3O2/c1-15-6-8-18(9-7-15)22-21(26)23-19-5-3-4-17(14-19)20(25)16-10-12-24(2)13-11-16/h3-9,14,16H,10-13H2,1-2H3,(H2,22,23,26). The van der Waals surface area contributed by atoms with E-state index in [1.165, 1.54) is 0 Å². The third-order valence-corrected chi connectivity index (χ3v) is 4.80. The number of Topliss-reactive ketones (excluding diaryl/α,β-unsaturated/α-hetero) is 1. The van der Waals surface area contributed by atoms with Gasteiger partial charge in [-0.05, 0) is 64.2 Å². The van der Waals surface area contributed by atoms with E-state index in [1.807, 2.05) is 43.3 Å². The van der Waals surface area contributed by atoms with Crippen LogP contribution >= 0.6 is 0 Å². The molecule has 2 aromatic carbocycles. The van der Waals surface area contributed by atoms with Crippen LogP contribution in [0.4, 0.5) is 16.2 Å². The van der Waals surface area contributed by atoms with Crippen molar-refractivity contribution in [1.82, 2.24) is 4.90 Å². The molecule has 0 spiro atoms. The minimum absolute atomic E-state index is 0.0721. The number of piperidine rings is 1. The summed E-state index contributed by atoms with van der Waals surface area (Å²) < 4.78 is 0. The molecule has 1 fully saturated rings. The maximum atomic E-state index is 12.7. The fourth-order valence-corrected chi connectivity index (χ4v) is 3.19. The zero-order valence-corrected chi connectivity index (χ0v) is 15.3. The van der Waals surface area contributed by atoms with Crippen molar-refractivity contribution < 1.29 is 9.59 Å². The number of benzene rings is 2. The lowest BCUT2D eigenvalue weighted by Gasteiger charge is -2.28. The number of likely N-dealkylation sites (tertiary alicyclic amines) is 1. The van der Waals surface area contributed by atoms with Crippen molar-refractivity contribution in [2.45, 2.75) is 19.8 Å². The van der Waals surface area contributed by atoms with E-state index in [1.54, 1.807) is 12.1 Å². The molecule has 5 nitrogen and oxygen atoms in total. The summed E-state index contributed by atoms with van der Waals surface area (Å²) in [5.41, 5.74) is 3.14. The Balaban J connectivity index is 1.62. The second-order valence-corrected chi connectivity index (χ2v) is 6.97. The van der Waals surface area contributed by atoms with E-state index in [0.717, 1.165) is 37.2 Å². The number of amides is 2. The molecule has 0 aromatic heterocycles. The van der Waals surface area contributed by atoms with E-state index >= 15 is 0 Å². The summed E-state index contributed by atoms with van der Waals surface area (Å²) in [5.74, 6) is 0.239. The van der Waals surface area contributed by atoms with Gasteiger partial charge in [0, 0.05) is 22.9 Å². The van der Waals surface area contributed by atoms with E-state index in [-0.39, 0.29) is 17.7 Å². The number of nitrogens with one attached hydrogen (secondary N) is 2. The molecule has 1 aliphatic rings. The van der Waals surface area contributed by atoms with E-state index in [0.29, 0.717) is 11.3 Å². The van der Waals surface area contributed by atoms with Gasteiger partial charge in [0.1, 0.15) is 0 Å². The average Bonchev–Trinajstić information content (AvgIpc) is 2.64. The highest BCUT2D eigenvalue weighted by atomic mass is 16.2. The summed E-state index contributed by atoms with van der Waals surface area (Å²) in [5, 5.41) is 5.59. The Morgan fingerprint density at radius 1 is 0.962 bits per heavy atom. The van der Waals surface area contributed by atoms with Gasteiger partial charge in [0.05, 0.1) is 0 Å². The third-order valence-electron chi connectivity index (χ3n) is 4.80. The number of nitrogens with zero attached hydrogens (tertiary/aromatic N) is 1. The van der Waals surface area contributed by atoms with Crippen LogP contribution in [0, 0.1) is 12.8 Å². The average molecular weight is 351 g/mol. The smallest absolute Gasteiger partial charge is 0.308 e. The van der Waals surface area contributed by atoms with Crippen LogP contribution in [0.2, 0.25) is 0 Å². The highest BCUT2D eigenvalue weighted by Gasteiger charge is 2.24. The Kier molecular flexibility index (Phi) is 5.68. The molecular formula is C21H25N3O2. The first kappa shape index (κ1) is 18.1. The van der Waals surface area contributed by atoms with Gasteiger partial charge in [0.15, 0.2) is 5.78 Å². The van der Waals surface area contributed by atoms with Gasteiger partial charge in [0.2, 0.25) is 0 Å². The van der Waals surface area contributed by atoms with Crippen molar-refractivity contribution >= 4 is 23.2 Å². The lowest BCUT2D eigenvalue weighted by Crippen LogP contribution is -2.33. The Morgan fingerprint density at radius 2 is 1.62 bits per heavy atom. The van der Waals surface area contributed by atoms with Gasteiger partial charge in [-0.15, -0.1) is 0 Å². The summed E-state index contributed by atoms with van der Waals surface area (Å²) in [6.45, 7) is 3.90. The largest absolute Gasteiger partial charge is 0.323 e. The maximum Gasteiger partial charge on any atom is 0.323 e. The molecule has 5 heteroatoms. The number of carbonyl (C=O) groups excluding carboxylic acids is 2. The van der Waals surface area contributed by atoms with Crippen molar-refractivity contribution in [3.05, 3.63) is 59.7 Å². The van der Waals surface area contributed by atoms with E-state index in [2.05, 4.69) is 22.6 Å². The van der Waals surface area contributed by atoms with E-state index in [4.69, 9.17) is 0 Å². The van der Waals surface area contributed by atoms with Crippen LogP contribution in [0.5, 0.6) is 0 Å². The predicted molar refractivity (Wildman–Crippen MR) is 105 cm³/mol. The second-order valence-electron chi connectivity index (χ2n) is 6.97. The summed E-state index contributed by atoms with van der Waals surface area (Å²) in [4.78, 5) is 27.1. The highest BCUT2D eigenvalue weighted by Crippen LogP contribution is 2.22. The van der Waals surface area contributed by atoms with Crippen LogP contribution < -0.4 is 10.6 Å². The molecule has 0 radical (unpaired) electrons. The van der Waals surface area contributed by atoms with Crippen LogP contribution in [0.25, 0.3) is 0 Å². The molecule has 26 heavy (non-hydrogen) atoms. The molecule has 1 aliphatic heterocycles. The Hall–Kier alpha value is -2.66. The van der Waals surface area contributed by atoms with Gasteiger partial charge in [-0.2, -0.15) is 0 Å². The molecule has 1 heterocycles. The Bertz CT molecular complexity index is 778. The van der Waals surface area contributed by atoms with Crippen LogP contribution in [-0.2, 0) is 0 Å². The molecule has 0 aliphatic carbocycles. The number of urea groups is 1. The normalized spacial score (nSPS) is 15.5. The molecule has 0 saturated carbocycles. The highest BCUT2D eigenvalue weighted by molar-refractivity contribution is 6.02. The summed E-state index contributed by atoms with van der Waals surface area (Å²) >= 11 is 0. The number of hydrogen-bond donors (Lipinski definition) is 2. The van der Waals surface area contributed by atoms with E-state index < -0.39 is 0 Å². The van der Waals surface area contributed by atoms with Crippen LogP contribution in [0.1, 0.15) is 28.8 Å². The first-order valence-corrected chi connectivity index (χ1v) is 8.99. The van der Waals surface area contributed by atoms with Crippen molar-refractivity contribution in [3.63, 3.8) is 0 Å². The number of ketones is 1. The van der Waals surface area contributed by atoms with Crippen molar-refractivity contribution in [1.29, 1.82) is 0 Å². The lowest BCUT2D eigenvalue weighted by atomic mass is 9.89.